The molecule has 48 heavy (non-hydrogen) atoms. The van der Waals surface area contributed by atoms with E-state index in [-0.39, 0.29) is 18.9 Å². The average Bonchev–Trinajstić information content (AvgIpc) is 3.73. The number of fused-ring (bicyclic) bond motifs is 6. The Hall–Kier alpha value is -4.17. The van der Waals surface area contributed by atoms with E-state index in [0.29, 0.717) is 12.5 Å². The molecule has 1 aromatic rings. The Bertz CT molecular complexity index is 1610. The van der Waals surface area contributed by atoms with Gasteiger partial charge in [0.15, 0.2) is 11.6 Å². The van der Waals surface area contributed by atoms with Crippen molar-refractivity contribution < 1.29 is 54.6 Å². The van der Waals surface area contributed by atoms with Gasteiger partial charge in [-0.25, -0.2) is 9.37 Å². The number of likely N-dealkylation sites (tertiary alicyclic amines) is 2. The van der Waals surface area contributed by atoms with Crippen LogP contribution in [-0.2, 0) is 25.4 Å². The molecule has 0 radical (unpaired) electrons. The first-order valence-corrected chi connectivity index (χ1v) is 15.3. The number of nitriles is 1. The third-order valence-electron chi connectivity index (χ3n) is 10.4. The van der Waals surface area contributed by atoms with Crippen LogP contribution in [0.2, 0.25) is 0 Å². The topological polar surface area (TPSA) is 145 Å². The van der Waals surface area contributed by atoms with Crippen LogP contribution >= 0.6 is 0 Å². The van der Waals surface area contributed by atoms with Gasteiger partial charge in [-0.05, 0) is 48.0 Å². The fraction of sp³-hybridized carbons (Fsp3) is 0.667. The van der Waals surface area contributed by atoms with Gasteiger partial charge in [0.1, 0.15) is 29.9 Å². The first-order chi connectivity index (χ1) is 22.2. The monoisotopic (exact) mass is 688 g/mol. The molecule has 2 saturated carbocycles. The van der Waals surface area contributed by atoms with E-state index in [0.717, 1.165) is 16.0 Å². The van der Waals surface area contributed by atoms with Gasteiger partial charge >= 0.3 is 18.3 Å². The van der Waals surface area contributed by atoms with Crippen molar-refractivity contribution in [2.24, 2.45) is 29.1 Å². The maximum atomic E-state index is 15.2. The minimum Gasteiger partial charge on any atom is -0.471 e. The van der Waals surface area contributed by atoms with Crippen molar-refractivity contribution in [1.29, 1.82) is 5.26 Å². The second-order valence-corrected chi connectivity index (χ2v) is 14.3. The van der Waals surface area contributed by atoms with Crippen molar-refractivity contribution >= 4 is 29.4 Å². The van der Waals surface area contributed by atoms with Crippen LogP contribution in [0.1, 0.15) is 45.6 Å². The Morgan fingerprint density at radius 3 is 2.42 bits per heavy atom. The molecule has 4 amide bonds. The van der Waals surface area contributed by atoms with E-state index in [1.807, 2.05) is 6.07 Å². The van der Waals surface area contributed by atoms with Crippen LogP contribution in [0.4, 0.5) is 36.6 Å². The van der Waals surface area contributed by atoms with E-state index in [9.17, 15) is 50.8 Å². The number of halogens is 7. The SMILES string of the molecule is CC(C)(C)C(NC(=O)C(F)(F)F)C(=O)N1CC2C3CC(F)C(C3)C2C1C(=O)N1CC2(CC1C#N)Oc1c(C(F)(F)F)ccnc1NC2=O. The van der Waals surface area contributed by atoms with Gasteiger partial charge in [-0.1, -0.05) is 20.8 Å². The minimum absolute atomic E-state index is 0.135. The first kappa shape index (κ1) is 33.7. The lowest BCUT2D eigenvalue weighted by atomic mass is 9.77. The summed E-state index contributed by atoms with van der Waals surface area (Å²) in [5, 5.41) is 14.1. The maximum Gasteiger partial charge on any atom is 0.471 e. The lowest BCUT2D eigenvalue weighted by Gasteiger charge is -2.39. The van der Waals surface area contributed by atoms with Crippen LogP contribution in [0.25, 0.3) is 0 Å². The van der Waals surface area contributed by atoms with Crippen LogP contribution < -0.4 is 15.4 Å². The van der Waals surface area contributed by atoms with E-state index in [1.165, 1.54) is 20.8 Å². The van der Waals surface area contributed by atoms with Gasteiger partial charge in [0, 0.05) is 19.2 Å². The highest BCUT2D eigenvalue weighted by Gasteiger charge is 2.66. The summed E-state index contributed by atoms with van der Waals surface area (Å²) in [4.78, 5) is 59.6. The lowest BCUT2D eigenvalue weighted by Crippen LogP contribution is -2.61. The van der Waals surface area contributed by atoms with Crippen molar-refractivity contribution in [2.75, 3.05) is 18.4 Å². The number of carbonyl (C=O) groups excluding carboxylic acids is 4. The molecule has 6 rings (SSSR count). The lowest BCUT2D eigenvalue weighted by molar-refractivity contribution is -0.176. The van der Waals surface area contributed by atoms with Crippen molar-refractivity contribution in [2.45, 2.75) is 82.3 Å². The molecule has 2 N–H and O–H groups in total. The molecule has 4 heterocycles. The van der Waals surface area contributed by atoms with Gasteiger partial charge in [-0.2, -0.15) is 31.6 Å². The Labute approximate surface area is 269 Å². The summed E-state index contributed by atoms with van der Waals surface area (Å²) in [5.41, 5.74) is -4.72. The molecule has 2 saturated heterocycles. The number of pyridine rings is 1. The Morgan fingerprint density at radius 2 is 1.81 bits per heavy atom. The molecule has 9 unspecified atom stereocenters. The molecule has 5 aliphatic rings. The Balaban J connectivity index is 1.36. The third-order valence-corrected chi connectivity index (χ3v) is 10.4. The molecule has 1 spiro atoms. The molecule has 260 valence electrons. The minimum atomic E-state index is -5.33. The molecule has 4 fully saturated rings. The predicted molar refractivity (Wildman–Crippen MR) is 148 cm³/mol. The van der Waals surface area contributed by atoms with Crippen LogP contribution in [0.5, 0.6) is 5.75 Å². The van der Waals surface area contributed by atoms with Gasteiger partial charge < -0.3 is 25.2 Å². The first-order valence-electron chi connectivity index (χ1n) is 15.3. The summed E-state index contributed by atoms with van der Waals surface area (Å²) in [6.07, 6.45) is -10.8. The van der Waals surface area contributed by atoms with Gasteiger partial charge in [0.2, 0.25) is 17.4 Å². The number of ether oxygens (including phenoxy) is 1. The molecule has 2 bridgehead atoms. The number of carbonyl (C=O) groups is 4. The van der Waals surface area contributed by atoms with E-state index >= 15 is 4.39 Å². The molecular formula is C30H31F7N6O5. The molecule has 3 aliphatic heterocycles. The summed E-state index contributed by atoms with van der Waals surface area (Å²) in [6.45, 7) is 3.38. The van der Waals surface area contributed by atoms with Crippen LogP contribution in [0.15, 0.2) is 12.3 Å². The standard InChI is InChI=1S/C30H31F7N6O5/c1-27(2,3)21(40-26(47)30(35,36)37)24(45)42-10-15-12-6-14(17(31)7-12)18(15)19(42)23(44)43-11-28(8-13(43)9-38)25(46)41-22-20(48-28)16(4-5-39-22)29(32,33)34/h4-5,12-15,17-19,21H,6-8,10-11H2,1-3H3,(H,40,47)(H,39,41,46). The molecule has 9 atom stereocenters. The van der Waals surface area contributed by atoms with Crippen molar-refractivity contribution in [3.63, 3.8) is 0 Å². The Kier molecular flexibility index (Phi) is 7.67. The fourth-order valence-corrected chi connectivity index (χ4v) is 8.23. The fourth-order valence-electron chi connectivity index (χ4n) is 8.23. The number of amides is 4. The van der Waals surface area contributed by atoms with Gasteiger partial charge in [-0.3, -0.25) is 19.2 Å². The summed E-state index contributed by atoms with van der Waals surface area (Å²) < 4.78 is 102. The number of nitrogens with zero attached hydrogens (tertiary/aromatic N) is 4. The molecule has 18 heteroatoms. The number of hydrogen-bond donors (Lipinski definition) is 2. The highest BCUT2D eigenvalue weighted by molar-refractivity contribution is 6.02. The predicted octanol–water partition coefficient (Wildman–Crippen LogP) is 3.21. The van der Waals surface area contributed by atoms with Gasteiger partial charge in [0.25, 0.3) is 5.91 Å². The number of hydrogen-bond acceptors (Lipinski definition) is 7. The zero-order chi connectivity index (χ0) is 35.3. The summed E-state index contributed by atoms with van der Waals surface area (Å²) in [6, 6.07) is -2.22. The second kappa shape index (κ2) is 10.9. The molecular weight excluding hydrogens is 657 g/mol. The molecule has 1 aromatic heterocycles. The molecule has 2 aliphatic carbocycles. The number of rotatable bonds is 3. The largest absolute Gasteiger partial charge is 0.471 e. The number of anilines is 1. The van der Waals surface area contributed by atoms with Crippen LogP contribution in [-0.4, -0.2) is 87.6 Å². The summed E-state index contributed by atoms with van der Waals surface area (Å²) in [5.74, 6) is -8.77. The quantitative estimate of drug-likeness (QED) is 0.465. The smallest absolute Gasteiger partial charge is 0.471 e. The third kappa shape index (κ3) is 5.29. The normalized spacial score (nSPS) is 33.1. The Morgan fingerprint density at radius 1 is 1.12 bits per heavy atom. The van der Waals surface area contributed by atoms with Crippen LogP contribution in [0.3, 0.4) is 0 Å². The zero-order valence-electron chi connectivity index (χ0n) is 25.8. The summed E-state index contributed by atoms with van der Waals surface area (Å²) >= 11 is 0. The van der Waals surface area contributed by atoms with E-state index in [1.54, 1.807) is 5.32 Å². The molecule has 0 aromatic carbocycles. The van der Waals surface area contributed by atoms with E-state index in [2.05, 4.69) is 10.3 Å². The maximum absolute atomic E-state index is 15.2. The molecule has 11 nitrogen and oxygen atoms in total. The van der Waals surface area contributed by atoms with Gasteiger partial charge in [-0.15, -0.1) is 0 Å². The highest BCUT2D eigenvalue weighted by Crippen LogP contribution is 2.59. The average molecular weight is 689 g/mol. The zero-order valence-corrected chi connectivity index (χ0v) is 25.8. The second-order valence-electron chi connectivity index (χ2n) is 14.3. The van der Waals surface area contributed by atoms with E-state index in [4.69, 9.17) is 4.74 Å². The van der Waals surface area contributed by atoms with Crippen LogP contribution in [0, 0.1) is 40.4 Å². The number of alkyl halides is 7. The van der Waals surface area contributed by atoms with Crippen molar-refractivity contribution in [3.8, 4) is 11.8 Å². The van der Waals surface area contributed by atoms with Gasteiger partial charge in [0.05, 0.1) is 12.6 Å². The van der Waals surface area contributed by atoms with E-state index < -0.39 is 119 Å². The number of nitrogens with one attached hydrogen (secondary N) is 2. The summed E-state index contributed by atoms with van der Waals surface area (Å²) in [7, 11) is 0. The highest BCUT2D eigenvalue weighted by atomic mass is 19.4. The number of aromatic nitrogens is 1. The van der Waals surface area contributed by atoms with Crippen molar-refractivity contribution in [3.05, 3.63) is 17.8 Å². The van der Waals surface area contributed by atoms with Crippen molar-refractivity contribution in [1.82, 2.24) is 20.1 Å².